The average Bonchev–Trinajstić information content (AvgIpc) is 2.16. The molecule has 0 radical (unpaired) electrons. The number of aromatic nitrogens is 2. The van der Waals surface area contributed by atoms with Crippen LogP contribution in [0, 0.1) is 6.92 Å². The van der Waals surface area contributed by atoms with E-state index in [0.29, 0.717) is 0 Å². The van der Waals surface area contributed by atoms with Gasteiger partial charge in [0.1, 0.15) is 0 Å². The molecule has 2 heteroatoms. The molecule has 1 aromatic heterocycles. The molecule has 0 bridgehead atoms. The Morgan fingerprint density at radius 1 is 1.23 bits per heavy atom. The second kappa shape index (κ2) is 4.95. The van der Waals surface area contributed by atoms with Gasteiger partial charge in [-0.05, 0) is 26.2 Å². The van der Waals surface area contributed by atoms with Crippen molar-refractivity contribution in [2.24, 2.45) is 0 Å². The molecule has 72 valence electrons. The molecule has 0 aliphatic rings. The first kappa shape index (κ1) is 10.2. The lowest BCUT2D eigenvalue weighted by atomic mass is 10.1. The summed E-state index contributed by atoms with van der Waals surface area (Å²) >= 11 is 0. The summed E-state index contributed by atoms with van der Waals surface area (Å²) in [5, 5.41) is 0. The zero-order valence-electron chi connectivity index (χ0n) is 8.80. The highest BCUT2D eigenvalue weighted by atomic mass is 14.8. The van der Waals surface area contributed by atoms with E-state index in [-0.39, 0.29) is 0 Å². The predicted octanol–water partition coefficient (Wildman–Crippen LogP) is 2.69. The first-order chi connectivity index (χ1) is 6.27. The maximum absolute atomic E-state index is 4.48. The lowest BCUT2D eigenvalue weighted by Gasteiger charge is -2.05. The second-order valence-corrected chi connectivity index (χ2v) is 3.36. The topological polar surface area (TPSA) is 25.8 Å². The second-order valence-electron chi connectivity index (χ2n) is 3.36. The summed E-state index contributed by atoms with van der Waals surface area (Å²) in [6.45, 7) is 6.34. The molecule has 0 aliphatic carbocycles. The maximum Gasteiger partial charge on any atom is 0.0619 e. The van der Waals surface area contributed by atoms with Crippen molar-refractivity contribution in [3.05, 3.63) is 23.3 Å². The molecule has 2 nitrogen and oxygen atoms in total. The lowest BCUT2D eigenvalue weighted by Crippen LogP contribution is -2.01. The van der Waals surface area contributed by atoms with Crippen molar-refractivity contribution in [1.29, 1.82) is 0 Å². The molecule has 0 aliphatic heterocycles. The first-order valence-corrected chi connectivity index (χ1v) is 5.09. The number of aryl methyl sites for hydroxylation is 3. The first-order valence-electron chi connectivity index (χ1n) is 5.09. The fraction of sp³-hybridized carbons (Fsp3) is 0.636. The van der Waals surface area contributed by atoms with Crippen LogP contribution in [0.5, 0.6) is 0 Å². The van der Waals surface area contributed by atoms with E-state index in [0.717, 1.165) is 18.5 Å². The largest absolute Gasteiger partial charge is 0.258 e. The van der Waals surface area contributed by atoms with Gasteiger partial charge in [0, 0.05) is 6.20 Å². The van der Waals surface area contributed by atoms with Crippen LogP contribution in [-0.4, -0.2) is 9.97 Å². The number of hydrogen-bond acceptors (Lipinski definition) is 2. The molecule has 0 fully saturated rings. The Kier molecular flexibility index (Phi) is 3.87. The minimum absolute atomic E-state index is 0.994. The quantitative estimate of drug-likeness (QED) is 0.708. The Labute approximate surface area is 80.4 Å². The van der Waals surface area contributed by atoms with Gasteiger partial charge in [-0.2, -0.15) is 0 Å². The third-order valence-electron chi connectivity index (χ3n) is 2.15. The summed E-state index contributed by atoms with van der Waals surface area (Å²) in [5.74, 6) is 0. The van der Waals surface area contributed by atoms with Crippen LogP contribution in [0.25, 0.3) is 0 Å². The fourth-order valence-corrected chi connectivity index (χ4v) is 1.39. The fourth-order valence-electron chi connectivity index (χ4n) is 1.39. The predicted molar refractivity (Wildman–Crippen MR) is 54.8 cm³/mol. The summed E-state index contributed by atoms with van der Waals surface area (Å²) in [6.07, 6.45) is 6.37. The highest BCUT2D eigenvalue weighted by Gasteiger charge is 2.03. The van der Waals surface area contributed by atoms with Crippen LogP contribution in [0.4, 0.5) is 0 Å². The molecule has 0 N–H and O–H groups in total. The number of nitrogens with zero attached hydrogens (tertiary/aromatic N) is 2. The van der Waals surface area contributed by atoms with E-state index in [1.807, 2.05) is 13.1 Å². The zero-order valence-corrected chi connectivity index (χ0v) is 8.80. The number of unbranched alkanes of at least 4 members (excludes halogenated alkanes) is 1. The van der Waals surface area contributed by atoms with E-state index in [1.54, 1.807) is 0 Å². The molecule has 0 aromatic carbocycles. The van der Waals surface area contributed by atoms with Gasteiger partial charge >= 0.3 is 0 Å². The van der Waals surface area contributed by atoms with Crippen LogP contribution in [0.1, 0.15) is 43.8 Å². The molecule has 13 heavy (non-hydrogen) atoms. The van der Waals surface area contributed by atoms with Crippen LogP contribution < -0.4 is 0 Å². The Hall–Kier alpha value is -0.920. The highest BCUT2D eigenvalue weighted by molar-refractivity contribution is 5.13. The van der Waals surface area contributed by atoms with Gasteiger partial charge < -0.3 is 0 Å². The zero-order chi connectivity index (χ0) is 9.68. The van der Waals surface area contributed by atoms with Crippen LogP contribution in [0.2, 0.25) is 0 Å². The van der Waals surface area contributed by atoms with Gasteiger partial charge in [0.05, 0.1) is 17.1 Å². The molecule has 0 unspecified atom stereocenters. The third kappa shape index (κ3) is 2.79. The van der Waals surface area contributed by atoms with Crippen LogP contribution >= 0.6 is 0 Å². The summed E-state index contributed by atoms with van der Waals surface area (Å²) in [4.78, 5) is 8.91. The van der Waals surface area contributed by atoms with Crippen molar-refractivity contribution in [1.82, 2.24) is 9.97 Å². The van der Waals surface area contributed by atoms with Crippen molar-refractivity contribution in [2.45, 2.75) is 46.5 Å². The minimum atomic E-state index is 0.994. The Morgan fingerprint density at radius 3 is 2.62 bits per heavy atom. The average molecular weight is 178 g/mol. The van der Waals surface area contributed by atoms with Crippen molar-refractivity contribution in [2.75, 3.05) is 0 Å². The van der Waals surface area contributed by atoms with Gasteiger partial charge in [0.15, 0.2) is 0 Å². The van der Waals surface area contributed by atoms with Crippen LogP contribution in [0.15, 0.2) is 6.20 Å². The maximum atomic E-state index is 4.48. The van der Waals surface area contributed by atoms with Crippen molar-refractivity contribution < 1.29 is 0 Å². The van der Waals surface area contributed by atoms with Crippen molar-refractivity contribution >= 4 is 0 Å². The standard InChI is InChI=1S/C11H18N2/c1-4-6-7-11-10(5-2)13-9(3)8-12-11/h8H,4-7H2,1-3H3. The highest BCUT2D eigenvalue weighted by Crippen LogP contribution is 2.08. The van der Waals surface area contributed by atoms with E-state index in [2.05, 4.69) is 23.8 Å². The van der Waals surface area contributed by atoms with Crippen LogP contribution in [0.3, 0.4) is 0 Å². The smallest absolute Gasteiger partial charge is 0.0619 e. The summed E-state index contributed by atoms with van der Waals surface area (Å²) < 4.78 is 0. The summed E-state index contributed by atoms with van der Waals surface area (Å²) in [5.41, 5.74) is 3.39. The molecule has 0 amide bonds. The molecule has 0 saturated heterocycles. The molecule has 0 saturated carbocycles. The van der Waals surface area contributed by atoms with Crippen LogP contribution in [-0.2, 0) is 12.8 Å². The van der Waals surface area contributed by atoms with Gasteiger partial charge in [-0.25, -0.2) is 0 Å². The molecule has 1 rings (SSSR count). The van der Waals surface area contributed by atoms with Gasteiger partial charge in [0.25, 0.3) is 0 Å². The Balaban J connectivity index is 2.79. The molecular weight excluding hydrogens is 160 g/mol. The van der Waals surface area contributed by atoms with E-state index >= 15 is 0 Å². The van der Waals surface area contributed by atoms with E-state index in [1.165, 1.54) is 24.2 Å². The SMILES string of the molecule is CCCCc1ncc(C)nc1CC. The number of rotatable bonds is 4. The number of hydrogen-bond donors (Lipinski definition) is 0. The normalized spacial score (nSPS) is 10.4. The van der Waals surface area contributed by atoms with Gasteiger partial charge in [0.2, 0.25) is 0 Å². The van der Waals surface area contributed by atoms with E-state index in [9.17, 15) is 0 Å². The van der Waals surface area contributed by atoms with Gasteiger partial charge in [-0.15, -0.1) is 0 Å². The van der Waals surface area contributed by atoms with E-state index < -0.39 is 0 Å². The minimum Gasteiger partial charge on any atom is -0.258 e. The van der Waals surface area contributed by atoms with E-state index in [4.69, 9.17) is 0 Å². The van der Waals surface area contributed by atoms with Gasteiger partial charge in [-0.1, -0.05) is 20.3 Å². The molecule has 1 heterocycles. The summed E-state index contributed by atoms with van der Waals surface area (Å²) in [7, 11) is 0. The Bertz CT molecular complexity index is 269. The lowest BCUT2D eigenvalue weighted by molar-refractivity contribution is 0.752. The molecule has 0 atom stereocenters. The monoisotopic (exact) mass is 178 g/mol. The third-order valence-corrected chi connectivity index (χ3v) is 2.15. The molecular formula is C11H18N2. The molecule has 1 aromatic rings. The summed E-state index contributed by atoms with van der Waals surface area (Å²) in [6, 6.07) is 0. The Morgan fingerprint density at radius 2 is 2.00 bits per heavy atom. The molecule has 0 spiro atoms. The van der Waals surface area contributed by atoms with Gasteiger partial charge in [-0.3, -0.25) is 9.97 Å². The van der Waals surface area contributed by atoms with Crippen molar-refractivity contribution in [3.8, 4) is 0 Å². The van der Waals surface area contributed by atoms with Crippen molar-refractivity contribution in [3.63, 3.8) is 0 Å².